The third-order valence-corrected chi connectivity index (χ3v) is 8.80. The number of nitrogens with zero attached hydrogens (tertiary/aromatic N) is 2. The molecule has 262 valence electrons. The van der Waals surface area contributed by atoms with E-state index in [0.29, 0.717) is 50.3 Å². The van der Waals surface area contributed by atoms with Crippen molar-refractivity contribution in [1.29, 1.82) is 0 Å². The first-order valence-corrected chi connectivity index (χ1v) is 16.7. The second kappa shape index (κ2) is 16.5. The summed E-state index contributed by atoms with van der Waals surface area (Å²) in [5.41, 5.74) is 2.42. The average molecular weight is 708 g/mol. The number of para-hydroxylation sites is 1. The summed E-state index contributed by atoms with van der Waals surface area (Å²) in [5, 5.41) is 8.32. The molecule has 51 heavy (non-hydrogen) atoms. The molecule has 5 aromatic rings. The van der Waals surface area contributed by atoms with Crippen molar-refractivity contribution >= 4 is 46.9 Å². The first kappa shape index (κ1) is 36.1. The molecule has 0 saturated heterocycles. The van der Waals surface area contributed by atoms with Gasteiger partial charge >= 0.3 is 0 Å². The van der Waals surface area contributed by atoms with Gasteiger partial charge in [0.05, 0.1) is 38.5 Å². The van der Waals surface area contributed by atoms with E-state index in [0.717, 1.165) is 0 Å². The molecule has 0 unspecified atom stereocenters. The number of carbonyl (C=O) groups excluding carboxylic acids is 3. The lowest BCUT2D eigenvalue weighted by molar-refractivity contribution is -0.114. The Morgan fingerprint density at radius 1 is 0.804 bits per heavy atom. The van der Waals surface area contributed by atoms with Crippen molar-refractivity contribution in [2.75, 3.05) is 37.7 Å². The van der Waals surface area contributed by atoms with Crippen LogP contribution in [0.25, 0.3) is 11.8 Å². The molecule has 0 atom stereocenters. The van der Waals surface area contributed by atoms with Gasteiger partial charge in [-0.15, -0.1) is 11.8 Å². The smallest absolute Gasteiger partial charge is 0.295 e. The fourth-order valence-electron chi connectivity index (χ4n) is 5.19. The minimum atomic E-state index is -0.595. The molecule has 0 spiro atoms. The quantitative estimate of drug-likeness (QED) is 0.105. The van der Waals surface area contributed by atoms with Crippen molar-refractivity contribution in [3.8, 4) is 22.9 Å². The molecule has 0 saturated carbocycles. The highest BCUT2D eigenvalue weighted by Gasteiger charge is 2.20. The highest BCUT2D eigenvalue weighted by molar-refractivity contribution is 8.00. The molecule has 12 nitrogen and oxygen atoms in total. The van der Waals surface area contributed by atoms with Crippen LogP contribution in [0, 0.1) is 6.92 Å². The van der Waals surface area contributed by atoms with Gasteiger partial charge in [0.15, 0.2) is 11.5 Å². The lowest BCUT2D eigenvalue weighted by Gasteiger charge is -2.15. The van der Waals surface area contributed by atoms with E-state index in [1.165, 1.54) is 43.8 Å². The van der Waals surface area contributed by atoms with Crippen molar-refractivity contribution in [3.63, 3.8) is 0 Å². The van der Waals surface area contributed by atoms with Crippen LogP contribution in [0.1, 0.15) is 21.6 Å². The van der Waals surface area contributed by atoms with Crippen LogP contribution < -0.4 is 35.7 Å². The molecule has 0 bridgehead atoms. The molecular formula is C38H37N5O7S. The predicted octanol–water partition coefficient (Wildman–Crippen LogP) is 5.65. The van der Waals surface area contributed by atoms with Crippen LogP contribution in [-0.4, -0.2) is 54.2 Å². The largest absolute Gasteiger partial charge is 0.493 e. The molecule has 0 radical (unpaired) electrons. The summed E-state index contributed by atoms with van der Waals surface area (Å²) in [5.74, 6) is -0.311. The van der Waals surface area contributed by atoms with Crippen LogP contribution in [0.2, 0.25) is 0 Å². The maximum atomic E-state index is 13.7. The second-order valence-electron chi connectivity index (χ2n) is 11.1. The monoisotopic (exact) mass is 707 g/mol. The maximum absolute atomic E-state index is 13.7. The van der Waals surface area contributed by atoms with Crippen LogP contribution in [-0.2, 0) is 16.6 Å². The molecular weight excluding hydrogens is 671 g/mol. The Balaban J connectivity index is 1.33. The Kier molecular flexibility index (Phi) is 11.6. The summed E-state index contributed by atoms with van der Waals surface area (Å²) in [7, 11) is 6.21. The first-order valence-electron chi connectivity index (χ1n) is 15.7. The van der Waals surface area contributed by atoms with Crippen LogP contribution in [0.4, 0.5) is 11.4 Å². The summed E-state index contributed by atoms with van der Waals surface area (Å²) >= 11 is 1.24. The number of carbonyl (C=O) groups is 3. The molecule has 4 aromatic carbocycles. The molecule has 0 aliphatic heterocycles. The zero-order chi connectivity index (χ0) is 36.5. The van der Waals surface area contributed by atoms with Gasteiger partial charge in [0.25, 0.3) is 17.4 Å². The van der Waals surface area contributed by atoms with Crippen LogP contribution in [0.5, 0.6) is 17.2 Å². The van der Waals surface area contributed by atoms with Gasteiger partial charge < -0.3 is 30.2 Å². The van der Waals surface area contributed by atoms with Gasteiger partial charge in [-0.1, -0.05) is 42.5 Å². The van der Waals surface area contributed by atoms with Crippen molar-refractivity contribution in [2.45, 2.75) is 11.8 Å². The molecule has 0 fully saturated rings. The van der Waals surface area contributed by atoms with Crippen LogP contribution in [0.3, 0.4) is 0 Å². The third kappa shape index (κ3) is 8.51. The Labute approximate surface area is 299 Å². The second-order valence-corrected chi connectivity index (χ2v) is 12.1. The number of benzene rings is 4. The highest BCUT2D eigenvalue weighted by atomic mass is 32.2. The third-order valence-electron chi connectivity index (χ3n) is 7.81. The van der Waals surface area contributed by atoms with Gasteiger partial charge in [0, 0.05) is 23.2 Å². The SMILES string of the molecule is COc1cc(/C=C(/NC(=O)c2ccccc2)C(=O)Nc2cccc(SCC(=O)Nc3c(C)n(C)n(-c4ccccc4)c3=O)c2)cc(OC)c1OC. The normalized spacial score (nSPS) is 11.0. The number of methoxy groups -OCH3 is 3. The summed E-state index contributed by atoms with van der Waals surface area (Å²) in [6.07, 6.45) is 1.50. The van der Waals surface area contributed by atoms with E-state index in [1.54, 1.807) is 85.4 Å². The van der Waals surface area contributed by atoms with Crippen molar-refractivity contribution < 1.29 is 28.6 Å². The van der Waals surface area contributed by atoms with Gasteiger partial charge in [0.1, 0.15) is 11.4 Å². The van der Waals surface area contributed by atoms with Crippen LogP contribution >= 0.6 is 11.8 Å². The topological polar surface area (TPSA) is 142 Å². The zero-order valence-electron chi connectivity index (χ0n) is 28.7. The fourth-order valence-corrected chi connectivity index (χ4v) is 5.95. The zero-order valence-corrected chi connectivity index (χ0v) is 29.5. The maximum Gasteiger partial charge on any atom is 0.295 e. The van der Waals surface area contributed by atoms with E-state index in [1.807, 2.05) is 30.3 Å². The van der Waals surface area contributed by atoms with E-state index in [2.05, 4.69) is 16.0 Å². The van der Waals surface area contributed by atoms with E-state index in [9.17, 15) is 19.2 Å². The molecule has 3 amide bonds. The Morgan fingerprint density at radius 2 is 1.45 bits per heavy atom. The van der Waals surface area contributed by atoms with Crippen molar-refractivity contribution in [2.24, 2.45) is 7.05 Å². The number of hydrogen-bond acceptors (Lipinski definition) is 8. The number of amides is 3. The number of aromatic nitrogens is 2. The summed E-state index contributed by atoms with van der Waals surface area (Å²) in [6.45, 7) is 1.77. The predicted molar refractivity (Wildman–Crippen MR) is 198 cm³/mol. The number of anilines is 2. The number of rotatable bonds is 13. The number of nitrogens with one attached hydrogen (secondary N) is 3. The summed E-state index contributed by atoms with van der Waals surface area (Å²) in [6, 6.07) is 27.9. The molecule has 13 heteroatoms. The fraction of sp³-hybridized carbons (Fsp3) is 0.158. The lowest BCUT2D eigenvalue weighted by atomic mass is 10.1. The number of ether oxygens (including phenoxy) is 3. The Hall–Kier alpha value is -6.21. The van der Waals surface area contributed by atoms with E-state index in [-0.39, 0.29) is 28.6 Å². The molecule has 0 aliphatic rings. The van der Waals surface area contributed by atoms with Gasteiger partial charge in [-0.05, 0) is 73.2 Å². The van der Waals surface area contributed by atoms with Gasteiger partial charge in [-0.2, -0.15) is 0 Å². The minimum Gasteiger partial charge on any atom is -0.493 e. The van der Waals surface area contributed by atoms with Crippen molar-refractivity contribution in [1.82, 2.24) is 14.7 Å². The standard InChI is InChI=1S/C38H37N5O7S/c1-24-34(38(47)43(42(24)2)28-16-10-7-11-17-28)41-33(44)23-51-29-18-12-15-27(22-29)39-37(46)30(40-36(45)26-13-8-6-9-14-26)19-25-20-31(48-3)35(50-5)32(21-25)49-4/h6-22H,23H2,1-5H3,(H,39,46)(H,40,45)(H,41,44)/b30-19+. The molecule has 3 N–H and O–H groups in total. The molecule has 1 heterocycles. The highest BCUT2D eigenvalue weighted by Crippen LogP contribution is 2.38. The number of hydrogen-bond donors (Lipinski definition) is 3. The van der Waals surface area contributed by atoms with E-state index >= 15 is 0 Å². The van der Waals surface area contributed by atoms with E-state index in [4.69, 9.17) is 14.2 Å². The van der Waals surface area contributed by atoms with E-state index < -0.39 is 11.8 Å². The molecule has 5 rings (SSSR count). The Morgan fingerprint density at radius 3 is 2.08 bits per heavy atom. The van der Waals surface area contributed by atoms with Crippen molar-refractivity contribution in [3.05, 3.63) is 130 Å². The minimum absolute atomic E-state index is 0.00985. The van der Waals surface area contributed by atoms with Crippen LogP contribution in [0.15, 0.2) is 112 Å². The lowest BCUT2D eigenvalue weighted by Crippen LogP contribution is -2.30. The van der Waals surface area contributed by atoms with Gasteiger partial charge in [-0.25, -0.2) is 4.68 Å². The Bertz CT molecular complexity index is 2120. The van der Waals surface area contributed by atoms with Gasteiger partial charge in [0.2, 0.25) is 11.7 Å². The van der Waals surface area contributed by atoms with Gasteiger partial charge in [-0.3, -0.25) is 23.9 Å². The average Bonchev–Trinajstić information content (AvgIpc) is 3.36. The molecule has 1 aromatic heterocycles. The summed E-state index contributed by atoms with van der Waals surface area (Å²) < 4.78 is 19.5. The first-order chi connectivity index (χ1) is 24.6. The summed E-state index contributed by atoms with van der Waals surface area (Å²) in [4.78, 5) is 53.8. The molecule has 0 aliphatic carbocycles. The number of thioether (sulfide) groups is 1.